The number of nitrogen functional groups attached to an aromatic ring is 1. The first-order valence-electron chi connectivity index (χ1n) is 10.4. The monoisotopic (exact) mass is 462 g/mol. The number of carbonyl (C=O) groups is 1. The van der Waals surface area contributed by atoms with E-state index in [1.807, 2.05) is 38.1 Å². The van der Waals surface area contributed by atoms with Crippen molar-refractivity contribution >= 4 is 17.9 Å². The number of nitrogens with zero attached hydrogens (tertiary/aromatic N) is 6. The molecule has 0 spiro atoms. The third kappa shape index (κ3) is 4.85. The van der Waals surface area contributed by atoms with Gasteiger partial charge in [0.1, 0.15) is 17.2 Å². The van der Waals surface area contributed by atoms with E-state index in [2.05, 4.69) is 35.8 Å². The highest BCUT2D eigenvalue weighted by Gasteiger charge is 2.25. The van der Waals surface area contributed by atoms with Crippen molar-refractivity contribution in [3.63, 3.8) is 0 Å². The highest BCUT2D eigenvalue weighted by atomic mass is 16.6. The Bertz CT molecular complexity index is 1300. The molecular formula is C22H22N8O4. The van der Waals surface area contributed by atoms with Crippen LogP contribution in [0.25, 0.3) is 17.1 Å². The number of hydrazone groups is 1. The standard InChI is InChI=1S/C22H22N8O4/c1-3-32-16-10-8-14(9-11-16)13-24-26-22(31)18-19(15-6-5-7-17(12-15)33-4-2)30(29-25-18)21-20(23)27-34-28-21/h5-13H,3-4H2,1-2H3,(H2,23,27)(H,26,31). The van der Waals surface area contributed by atoms with Crippen molar-refractivity contribution in [1.29, 1.82) is 0 Å². The summed E-state index contributed by atoms with van der Waals surface area (Å²) < 4.78 is 17.0. The van der Waals surface area contributed by atoms with E-state index in [1.54, 1.807) is 24.3 Å². The van der Waals surface area contributed by atoms with E-state index in [0.717, 1.165) is 11.3 Å². The lowest BCUT2D eigenvalue weighted by Gasteiger charge is -2.08. The molecule has 0 unspecified atom stereocenters. The summed E-state index contributed by atoms with van der Waals surface area (Å²) in [5.74, 6) is 0.869. The van der Waals surface area contributed by atoms with Crippen molar-refractivity contribution in [2.45, 2.75) is 13.8 Å². The van der Waals surface area contributed by atoms with E-state index in [9.17, 15) is 4.79 Å². The molecule has 1 amide bonds. The smallest absolute Gasteiger partial charge is 0.294 e. The molecule has 0 radical (unpaired) electrons. The van der Waals surface area contributed by atoms with Gasteiger partial charge in [-0.15, -0.1) is 5.10 Å². The number of hydrogen-bond acceptors (Lipinski definition) is 10. The molecule has 12 heteroatoms. The second-order valence-corrected chi connectivity index (χ2v) is 6.83. The lowest BCUT2D eigenvalue weighted by atomic mass is 10.1. The highest BCUT2D eigenvalue weighted by molar-refractivity contribution is 5.99. The van der Waals surface area contributed by atoms with E-state index < -0.39 is 5.91 Å². The van der Waals surface area contributed by atoms with Gasteiger partial charge in [-0.25, -0.2) is 10.1 Å². The summed E-state index contributed by atoms with van der Waals surface area (Å²) in [6, 6.07) is 14.4. The topological polar surface area (TPSA) is 156 Å². The SMILES string of the molecule is CCOc1ccc(C=NNC(=O)c2nnn(-c3nonc3N)c2-c2cccc(OCC)c2)cc1. The molecular weight excluding hydrogens is 440 g/mol. The Labute approximate surface area is 194 Å². The van der Waals surface area contributed by atoms with E-state index >= 15 is 0 Å². The molecule has 0 fully saturated rings. The predicted molar refractivity (Wildman–Crippen MR) is 123 cm³/mol. The zero-order valence-electron chi connectivity index (χ0n) is 18.5. The minimum atomic E-state index is -0.583. The molecule has 0 aliphatic rings. The second-order valence-electron chi connectivity index (χ2n) is 6.83. The van der Waals surface area contributed by atoms with Gasteiger partial charge in [0.05, 0.1) is 19.4 Å². The Morgan fingerprint density at radius 3 is 2.59 bits per heavy atom. The summed E-state index contributed by atoms with van der Waals surface area (Å²) in [4.78, 5) is 13.0. The number of aromatic nitrogens is 5. The zero-order valence-corrected chi connectivity index (χ0v) is 18.5. The fraction of sp³-hybridized carbons (Fsp3) is 0.182. The molecule has 0 atom stereocenters. The van der Waals surface area contributed by atoms with Crippen LogP contribution in [0.15, 0.2) is 58.3 Å². The lowest BCUT2D eigenvalue weighted by Crippen LogP contribution is -2.19. The fourth-order valence-electron chi connectivity index (χ4n) is 3.11. The number of anilines is 1. The van der Waals surface area contributed by atoms with Crippen molar-refractivity contribution < 1.29 is 18.9 Å². The fourth-order valence-corrected chi connectivity index (χ4v) is 3.11. The minimum Gasteiger partial charge on any atom is -0.494 e. The first-order chi connectivity index (χ1) is 16.6. The van der Waals surface area contributed by atoms with Gasteiger partial charge in [-0.05, 0) is 66.1 Å². The largest absolute Gasteiger partial charge is 0.494 e. The van der Waals surface area contributed by atoms with E-state index in [1.165, 1.54) is 10.9 Å². The first-order valence-corrected chi connectivity index (χ1v) is 10.4. The highest BCUT2D eigenvalue weighted by Crippen LogP contribution is 2.29. The molecule has 0 saturated heterocycles. The van der Waals surface area contributed by atoms with Crippen LogP contribution in [0, 0.1) is 0 Å². The van der Waals surface area contributed by atoms with E-state index in [4.69, 9.17) is 15.2 Å². The molecule has 34 heavy (non-hydrogen) atoms. The summed E-state index contributed by atoms with van der Waals surface area (Å²) in [5.41, 5.74) is 10.0. The number of rotatable bonds is 9. The summed E-state index contributed by atoms with van der Waals surface area (Å²) in [6.45, 7) is 4.85. The first kappa shape index (κ1) is 22.5. The van der Waals surface area contributed by atoms with Crippen LogP contribution >= 0.6 is 0 Å². The van der Waals surface area contributed by atoms with Gasteiger partial charge < -0.3 is 15.2 Å². The molecule has 174 valence electrons. The Hall–Kier alpha value is -4.74. The maximum atomic E-state index is 13.0. The van der Waals surface area contributed by atoms with Crippen LogP contribution in [-0.2, 0) is 0 Å². The molecule has 0 bridgehead atoms. The van der Waals surface area contributed by atoms with Crippen LogP contribution in [-0.4, -0.2) is 50.6 Å². The molecule has 12 nitrogen and oxygen atoms in total. The molecule has 2 aromatic carbocycles. The Balaban J connectivity index is 1.63. The van der Waals surface area contributed by atoms with Crippen molar-refractivity contribution in [1.82, 2.24) is 30.7 Å². The van der Waals surface area contributed by atoms with Crippen LogP contribution in [0.3, 0.4) is 0 Å². The molecule has 0 saturated carbocycles. The third-order valence-electron chi connectivity index (χ3n) is 4.57. The van der Waals surface area contributed by atoms with Gasteiger partial charge in [0.2, 0.25) is 11.6 Å². The minimum absolute atomic E-state index is 0.0000998. The normalized spacial score (nSPS) is 11.0. The Kier molecular flexibility index (Phi) is 6.77. The van der Waals surface area contributed by atoms with Crippen LogP contribution in [0.5, 0.6) is 11.5 Å². The van der Waals surface area contributed by atoms with Gasteiger partial charge >= 0.3 is 0 Å². The number of amides is 1. The number of carbonyl (C=O) groups excluding carboxylic acids is 1. The molecule has 2 aromatic heterocycles. The molecule has 0 aliphatic carbocycles. The second kappa shape index (κ2) is 10.3. The van der Waals surface area contributed by atoms with Crippen LogP contribution in [0.1, 0.15) is 29.9 Å². The van der Waals surface area contributed by atoms with Crippen molar-refractivity contribution in [2.24, 2.45) is 5.10 Å². The van der Waals surface area contributed by atoms with Gasteiger partial charge in [-0.1, -0.05) is 17.3 Å². The van der Waals surface area contributed by atoms with Gasteiger partial charge in [0.15, 0.2) is 5.69 Å². The zero-order chi connectivity index (χ0) is 23.9. The van der Waals surface area contributed by atoms with Gasteiger partial charge in [0.25, 0.3) is 5.91 Å². The van der Waals surface area contributed by atoms with Crippen LogP contribution in [0.2, 0.25) is 0 Å². The van der Waals surface area contributed by atoms with Gasteiger partial charge in [0, 0.05) is 5.56 Å². The van der Waals surface area contributed by atoms with Crippen LogP contribution in [0.4, 0.5) is 5.82 Å². The molecule has 2 heterocycles. The quantitative estimate of drug-likeness (QED) is 0.282. The number of nitrogens with two attached hydrogens (primary N) is 1. The predicted octanol–water partition coefficient (Wildman–Crippen LogP) is 2.46. The van der Waals surface area contributed by atoms with Crippen LogP contribution < -0.4 is 20.6 Å². The molecule has 4 aromatic rings. The number of hydrogen-bond donors (Lipinski definition) is 2. The Morgan fingerprint density at radius 1 is 1.12 bits per heavy atom. The van der Waals surface area contributed by atoms with Gasteiger partial charge in [-0.2, -0.15) is 9.78 Å². The third-order valence-corrected chi connectivity index (χ3v) is 4.57. The summed E-state index contributed by atoms with van der Waals surface area (Å²) in [5, 5.41) is 19.4. The average molecular weight is 462 g/mol. The number of benzene rings is 2. The average Bonchev–Trinajstić information content (AvgIpc) is 3.47. The molecule has 4 rings (SSSR count). The summed E-state index contributed by atoms with van der Waals surface area (Å²) in [6.07, 6.45) is 1.51. The van der Waals surface area contributed by atoms with Gasteiger partial charge in [-0.3, -0.25) is 4.79 Å². The maximum Gasteiger partial charge on any atom is 0.294 e. The maximum absolute atomic E-state index is 13.0. The lowest BCUT2D eigenvalue weighted by molar-refractivity contribution is 0.0950. The van der Waals surface area contributed by atoms with E-state index in [0.29, 0.717) is 30.2 Å². The van der Waals surface area contributed by atoms with Crippen molar-refractivity contribution in [2.75, 3.05) is 18.9 Å². The summed E-state index contributed by atoms with van der Waals surface area (Å²) >= 11 is 0. The van der Waals surface area contributed by atoms with Crippen molar-refractivity contribution in [3.8, 4) is 28.6 Å². The molecule has 3 N–H and O–H groups in total. The van der Waals surface area contributed by atoms with Crippen molar-refractivity contribution in [3.05, 3.63) is 59.8 Å². The molecule has 0 aliphatic heterocycles. The summed E-state index contributed by atoms with van der Waals surface area (Å²) in [7, 11) is 0. The van der Waals surface area contributed by atoms with E-state index in [-0.39, 0.29) is 17.3 Å². The number of ether oxygens (including phenoxy) is 2. The Morgan fingerprint density at radius 2 is 1.88 bits per heavy atom. The number of nitrogens with one attached hydrogen (secondary N) is 1.